The molecule has 2 aliphatic rings. The van der Waals surface area contributed by atoms with Crippen LogP contribution in [0.25, 0.3) is 11.0 Å². The zero-order valence-electron chi connectivity index (χ0n) is 14.0. The Kier molecular flexibility index (Phi) is 4.06. The van der Waals surface area contributed by atoms with Gasteiger partial charge in [-0.25, -0.2) is 0 Å². The highest BCUT2D eigenvalue weighted by atomic mass is 16.5. The van der Waals surface area contributed by atoms with Gasteiger partial charge in [0.1, 0.15) is 11.2 Å². The van der Waals surface area contributed by atoms with Gasteiger partial charge in [-0.1, -0.05) is 18.2 Å². The predicted molar refractivity (Wildman–Crippen MR) is 90.0 cm³/mol. The SMILES string of the molecule is COCCC1CCOC2(C1)CN(C(=O)c1cc3ccccc3o1)C2. The van der Waals surface area contributed by atoms with Crippen molar-refractivity contribution in [3.05, 3.63) is 36.1 Å². The summed E-state index contributed by atoms with van der Waals surface area (Å²) in [7, 11) is 1.74. The van der Waals surface area contributed by atoms with Crippen LogP contribution in [0, 0.1) is 5.92 Å². The number of amides is 1. The van der Waals surface area contributed by atoms with E-state index in [2.05, 4.69) is 0 Å². The largest absolute Gasteiger partial charge is 0.451 e. The molecule has 0 saturated carbocycles. The van der Waals surface area contributed by atoms with Crippen molar-refractivity contribution in [2.45, 2.75) is 24.9 Å². The van der Waals surface area contributed by atoms with Crippen LogP contribution in [0.2, 0.25) is 0 Å². The molecule has 2 aliphatic heterocycles. The summed E-state index contributed by atoms with van der Waals surface area (Å²) in [6.45, 7) is 2.89. The van der Waals surface area contributed by atoms with Crippen molar-refractivity contribution in [1.29, 1.82) is 0 Å². The molecular formula is C19H23NO4. The third-order valence-electron chi connectivity index (χ3n) is 5.21. The van der Waals surface area contributed by atoms with Crippen molar-refractivity contribution in [3.63, 3.8) is 0 Å². The number of benzene rings is 1. The van der Waals surface area contributed by atoms with Gasteiger partial charge in [0.05, 0.1) is 13.1 Å². The molecule has 0 bridgehead atoms. The van der Waals surface area contributed by atoms with E-state index >= 15 is 0 Å². The maximum absolute atomic E-state index is 12.6. The number of fused-ring (bicyclic) bond motifs is 1. The summed E-state index contributed by atoms with van der Waals surface area (Å²) in [6.07, 6.45) is 3.17. The molecule has 0 aliphatic carbocycles. The Hall–Kier alpha value is -1.85. The molecular weight excluding hydrogens is 306 g/mol. The summed E-state index contributed by atoms with van der Waals surface area (Å²) in [5.41, 5.74) is 0.600. The minimum Gasteiger partial charge on any atom is -0.451 e. The minimum atomic E-state index is -0.154. The second-order valence-electron chi connectivity index (χ2n) is 6.98. The Morgan fingerprint density at radius 3 is 3.00 bits per heavy atom. The Labute approximate surface area is 141 Å². The molecule has 1 amide bonds. The lowest BCUT2D eigenvalue weighted by Crippen LogP contribution is -2.66. The van der Waals surface area contributed by atoms with E-state index < -0.39 is 0 Å². The first-order chi connectivity index (χ1) is 11.7. The maximum Gasteiger partial charge on any atom is 0.289 e. The number of carbonyl (C=O) groups is 1. The number of para-hydroxylation sites is 1. The van der Waals surface area contributed by atoms with E-state index in [0.29, 0.717) is 24.8 Å². The number of furan rings is 1. The van der Waals surface area contributed by atoms with Crippen molar-refractivity contribution in [2.24, 2.45) is 5.92 Å². The molecule has 1 aromatic carbocycles. The van der Waals surface area contributed by atoms with E-state index in [1.807, 2.05) is 35.2 Å². The van der Waals surface area contributed by atoms with Gasteiger partial charge in [-0.05, 0) is 37.3 Å². The number of rotatable bonds is 4. The molecule has 1 aromatic heterocycles. The molecule has 5 nitrogen and oxygen atoms in total. The van der Waals surface area contributed by atoms with Gasteiger partial charge >= 0.3 is 0 Å². The number of hydrogen-bond donors (Lipinski definition) is 0. The molecule has 0 N–H and O–H groups in total. The van der Waals surface area contributed by atoms with E-state index in [9.17, 15) is 4.79 Å². The van der Waals surface area contributed by atoms with Crippen LogP contribution in [-0.4, -0.2) is 49.8 Å². The standard InChI is InChI=1S/C19H23NO4/c1-22-8-6-14-7-9-23-19(11-14)12-20(13-19)18(21)17-10-15-4-2-3-5-16(15)24-17/h2-5,10,14H,6-9,11-13H2,1H3. The summed E-state index contributed by atoms with van der Waals surface area (Å²) in [5.74, 6) is 0.999. The lowest BCUT2D eigenvalue weighted by atomic mass is 9.79. The molecule has 1 spiro atoms. The second-order valence-corrected chi connectivity index (χ2v) is 6.98. The Bertz CT molecular complexity index is 699. The Balaban J connectivity index is 1.40. The van der Waals surface area contributed by atoms with Crippen LogP contribution < -0.4 is 0 Å². The molecule has 2 aromatic rings. The van der Waals surface area contributed by atoms with Crippen LogP contribution in [-0.2, 0) is 9.47 Å². The molecule has 2 saturated heterocycles. The zero-order chi connectivity index (χ0) is 16.6. The first-order valence-electron chi connectivity index (χ1n) is 8.60. The highest BCUT2D eigenvalue weighted by molar-refractivity contribution is 5.96. The van der Waals surface area contributed by atoms with Crippen LogP contribution in [0.4, 0.5) is 0 Å². The minimum absolute atomic E-state index is 0.0422. The number of methoxy groups -OCH3 is 1. The smallest absolute Gasteiger partial charge is 0.289 e. The number of nitrogens with zero attached hydrogens (tertiary/aromatic N) is 1. The van der Waals surface area contributed by atoms with Gasteiger partial charge in [0, 0.05) is 25.7 Å². The van der Waals surface area contributed by atoms with Crippen LogP contribution in [0.15, 0.2) is 34.7 Å². The summed E-state index contributed by atoms with van der Waals surface area (Å²) in [6, 6.07) is 9.52. The summed E-state index contributed by atoms with van der Waals surface area (Å²) < 4.78 is 16.9. The van der Waals surface area contributed by atoms with Gasteiger partial charge in [0.2, 0.25) is 0 Å². The van der Waals surface area contributed by atoms with Crippen molar-refractivity contribution >= 4 is 16.9 Å². The van der Waals surface area contributed by atoms with Gasteiger partial charge in [-0.2, -0.15) is 0 Å². The fourth-order valence-corrected chi connectivity index (χ4v) is 3.92. The quantitative estimate of drug-likeness (QED) is 0.865. The van der Waals surface area contributed by atoms with Crippen molar-refractivity contribution < 1.29 is 18.7 Å². The molecule has 2 fully saturated rings. The maximum atomic E-state index is 12.6. The van der Waals surface area contributed by atoms with Crippen LogP contribution >= 0.6 is 0 Å². The zero-order valence-corrected chi connectivity index (χ0v) is 14.0. The third kappa shape index (κ3) is 2.82. The highest BCUT2D eigenvalue weighted by Crippen LogP contribution is 2.39. The second kappa shape index (κ2) is 6.22. The monoisotopic (exact) mass is 329 g/mol. The molecule has 4 rings (SSSR count). The molecule has 5 heteroatoms. The van der Waals surface area contributed by atoms with Crippen molar-refractivity contribution in [2.75, 3.05) is 33.4 Å². The van der Waals surface area contributed by atoms with Crippen molar-refractivity contribution in [1.82, 2.24) is 4.90 Å². The summed E-state index contributed by atoms with van der Waals surface area (Å²) in [5, 5.41) is 0.963. The van der Waals surface area contributed by atoms with Crippen LogP contribution in [0.5, 0.6) is 0 Å². The third-order valence-corrected chi connectivity index (χ3v) is 5.21. The predicted octanol–water partition coefficient (Wildman–Crippen LogP) is 3.09. The lowest BCUT2D eigenvalue weighted by molar-refractivity contribution is -0.167. The summed E-state index contributed by atoms with van der Waals surface area (Å²) in [4.78, 5) is 14.5. The number of ether oxygens (including phenoxy) is 2. The summed E-state index contributed by atoms with van der Waals surface area (Å²) >= 11 is 0. The lowest BCUT2D eigenvalue weighted by Gasteiger charge is -2.53. The average Bonchev–Trinajstić information content (AvgIpc) is 3.01. The molecule has 24 heavy (non-hydrogen) atoms. The topological polar surface area (TPSA) is 51.9 Å². The van der Waals surface area contributed by atoms with E-state index in [-0.39, 0.29) is 11.5 Å². The van der Waals surface area contributed by atoms with Gasteiger partial charge in [0.15, 0.2) is 5.76 Å². The van der Waals surface area contributed by atoms with Crippen LogP contribution in [0.1, 0.15) is 29.8 Å². The van der Waals surface area contributed by atoms with E-state index in [0.717, 1.165) is 43.4 Å². The van der Waals surface area contributed by atoms with E-state index in [1.165, 1.54) is 0 Å². The average molecular weight is 329 g/mol. The Morgan fingerprint density at radius 2 is 2.21 bits per heavy atom. The first kappa shape index (κ1) is 15.7. The van der Waals surface area contributed by atoms with Crippen molar-refractivity contribution in [3.8, 4) is 0 Å². The molecule has 3 heterocycles. The Morgan fingerprint density at radius 1 is 1.38 bits per heavy atom. The molecule has 1 atom stereocenters. The van der Waals surface area contributed by atoms with Gasteiger partial charge in [0.25, 0.3) is 5.91 Å². The highest BCUT2D eigenvalue weighted by Gasteiger charge is 2.49. The number of likely N-dealkylation sites (tertiary alicyclic amines) is 1. The molecule has 1 unspecified atom stereocenters. The van der Waals surface area contributed by atoms with Gasteiger partial charge < -0.3 is 18.8 Å². The fourth-order valence-electron chi connectivity index (χ4n) is 3.92. The molecule has 128 valence electrons. The van der Waals surface area contributed by atoms with E-state index in [1.54, 1.807) is 7.11 Å². The van der Waals surface area contributed by atoms with Gasteiger partial charge in [-0.15, -0.1) is 0 Å². The first-order valence-corrected chi connectivity index (χ1v) is 8.60. The normalized spacial score (nSPS) is 22.7. The van der Waals surface area contributed by atoms with Crippen LogP contribution in [0.3, 0.4) is 0 Å². The molecule has 0 radical (unpaired) electrons. The van der Waals surface area contributed by atoms with Gasteiger partial charge in [-0.3, -0.25) is 4.79 Å². The van der Waals surface area contributed by atoms with E-state index in [4.69, 9.17) is 13.9 Å². The fraction of sp³-hybridized carbons (Fsp3) is 0.526. The number of hydrogen-bond acceptors (Lipinski definition) is 4. The number of carbonyl (C=O) groups excluding carboxylic acids is 1.